The molecule has 4 rings (SSSR count). The highest BCUT2D eigenvalue weighted by Gasteiger charge is 2.16. The maximum Gasteiger partial charge on any atom is 0.231 e. The van der Waals surface area contributed by atoms with Gasteiger partial charge in [0.2, 0.25) is 6.79 Å². The van der Waals surface area contributed by atoms with Crippen molar-refractivity contribution in [3.05, 3.63) is 24.5 Å². The molecule has 100 valence electrons. The maximum absolute atomic E-state index is 5.94. The van der Waals surface area contributed by atoms with Crippen LogP contribution in [0.2, 0.25) is 0 Å². The molecule has 3 aromatic rings. The fourth-order valence-corrected chi connectivity index (χ4v) is 2.19. The first kappa shape index (κ1) is 11.0. The topological polar surface area (TPSA) is 88.1 Å². The Morgan fingerprint density at radius 2 is 2.05 bits per heavy atom. The monoisotopic (exact) mass is 269 g/mol. The molecular formula is C13H11N5O2. The van der Waals surface area contributed by atoms with E-state index in [0.717, 1.165) is 11.3 Å². The van der Waals surface area contributed by atoms with Gasteiger partial charge in [0.05, 0.1) is 6.33 Å². The van der Waals surface area contributed by atoms with Gasteiger partial charge in [-0.1, -0.05) is 0 Å². The number of imidazole rings is 1. The fourth-order valence-electron chi connectivity index (χ4n) is 2.19. The van der Waals surface area contributed by atoms with Gasteiger partial charge in [-0.25, -0.2) is 15.0 Å². The minimum absolute atomic E-state index is 0.239. The Morgan fingerprint density at radius 3 is 2.95 bits per heavy atom. The Bertz CT molecular complexity index is 827. The van der Waals surface area contributed by atoms with Crippen molar-refractivity contribution >= 4 is 17.0 Å². The summed E-state index contributed by atoms with van der Waals surface area (Å²) in [7, 11) is 1.87. The van der Waals surface area contributed by atoms with Crippen LogP contribution in [0.4, 0.5) is 5.82 Å². The number of anilines is 1. The maximum atomic E-state index is 5.94. The number of ether oxygens (including phenoxy) is 2. The molecule has 0 amide bonds. The van der Waals surface area contributed by atoms with Gasteiger partial charge in [-0.05, 0) is 18.2 Å². The summed E-state index contributed by atoms with van der Waals surface area (Å²) in [6.07, 6.45) is 1.67. The van der Waals surface area contributed by atoms with E-state index >= 15 is 0 Å². The van der Waals surface area contributed by atoms with Crippen molar-refractivity contribution in [2.75, 3.05) is 12.5 Å². The van der Waals surface area contributed by atoms with Crippen LogP contribution in [0, 0.1) is 0 Å². The fraction of sp³-hybridized carbons (Fsp3) is 0.154. The minimum Gasteiger partial charge on any atom is -0.454 e. The molecule has 2 N–H and O–H groups in total. The first-order valence-electron chi connectivity index (χ1n) is 6.07. The summed E-state index contributed by atoms with van der Waals surface area (Å²) in [6.45, 7) is 0.239. The molecule has 2 aromatic heterocycles. The van der Waals surface area contributed by atoms with Crippen LogP contribution in [0.25, 0.3) is 22.6 Å². The number of rotatable bonds is 1. The van der Waals surface area contributed by atoms with E-state index in [-0.39, 0.29) is 6.79 Å². The van der Waals surface area contributed by atoms with Gasteiger partial charge >= 0.3 is 0 Å². The highest BCUT2D eigenvalue weighted by atomic mass is 16.7. The normalized spacial score (nSPS) is 13.1. The second kappa shape index (κ2) is 3.83. The third-order valence-corrected chi connectivity index (χ3v) is 3.22. The highest BCUT2D eigenvalue weighted by molar-refractivity contribution is 5.83. The van der Waals surface area contributed by atoms with Gasteiger partial charge < -0.3 is 19.8 Å². The standard InChI is InChI=1S/C13H11N5O2/c1-18-5-15-10-11(14)16-12(17-13(10)18)7-2-3-8-9(4-7)20-6-19-8/h2-5H,6H2,1H3,(H2,14,16,17). The smallest absolute Gasteiger partial charge is 0.231 e. The van der Waals surface area contributed by atoms with Crippen molar-refractivity contribution in [1.82, 2.24) is 19.5 Å². The molecule has 7 heteroatoms. The number of nitrogens with two attached hydrogens (primary N) is 1. The first-order chi connectivity index (χ1) is 9.72. The van der Waals surface area contributed by atoms with Crippen molar-refractivity contribution in [1.29, 1.82) is 0 Å². The lowest BCUT2D eigenvalue weighted by Crippen LogP contribution is -1.99. The number of nitrogens with zero attached hydrogens (tertiary/aromatic N) is 4. The molecule has 0 saturated heterocycles. The van der Waals surface area contributed by atoms with Crippen molar-refractivity contribution in [2.24, 2.45) is 7.05 Å². The van der Waals surface area contributed by atoms with Crippen LogP contribution in [0.1, 0.15) is 0 Å². The Labute approximate surface area is 114 Å². The molecule has 7 nitrogen and oxygen atoms in total. The summed E-state index contributed by atoms with van der Waals surface area (Å²) in [6, 6.07) is 5.56. The zero-order valence-corrected chi connectivity index (χ0v) is 10.7. The Kier molecular flexibility index (Phi) is 2.11. The Morgan fingerprint density at radius 1 is 1.20 bits per heavy atom. The van der Waals surface area contributed by atoms with E-state index in [1.54, 1.807) is 6.33 Å². The lowest BCUT2D eigenvalue weighted by molar-refractivity contribution is 0.174. The second-order valence-electron chi connectivity index (χ2n) is 4.53. The lowest BCUT2D eigenvalue weighted by Gasteiger charge is -2.04. The number of hydrogen-bond donors (Lipinski definition) is 1. The molecule has 3 heterocycles. The largest absolute Gasteiger partial charge is 0.454 e. The van der Waals surface area contributed by atoms with Gasteiger partial charge in [0.1, 0.15) is 5.52 Å². The van der Waals surface area contributed by atoms with Crippen LogP contribution < -0.4 is 15.2 Å². The van der Waals surface area contributed by atoms with Gasteiger partial charge in [0.25, 0.3) is 0 Å². The van der Waals surface area contributed by atoms with Gasteiger partial charge in [-0.2, -0.15) is 0 Å². The average molecular weight is 269 g/mol. The SMILES string of the molecule is Cn1cnc2c(N)nc(-c3ccc4c(c3)OCO4)nc21. The number of hydrogen-bond acceptors (Lipinski definition) is 6. The van der Waals surface area contributed by atoms with Crippen LogP contribution in [-0.2, 0) is 7.05 Å². The molecule has 0 bridgehead atoms. The van der Waals surface area contributed by atoms with Crippen molar-refractivity contribution < 1.29 is 9.47 Å². The quantitative estimate of drug-likeness (QED) is 0.717. The Balaban J connectivity index is 1.91. The molecule has 1 aliphatic heterocycles. The summed E-state index contributed by atoms with van der Waals surface area (Å²) in [5.74, 6) is 2.32. The van der Waals surface area contributed by atoms with Crippen LogP contribution in [0.15, 0.2) is 24.5 Å². The molecule has 0 unspecified atom stereocenters. The molecule has 1 aliphatic rings. The van der Waals surface area contributed by atoms with Crippen LogP contribution in [0.5, 0.6) is 11.5 Å². The molecule has 0 radical (unpaired) electrons. The van der Waals surface area contributed by atoms with Crippen LogP contribution in [0.3, 0.4) is 0 Å². The highest BCUT2D eigenvalue weighted by Crippen LogP contribution is 2.35. The summed E-state index contributed by atoms with van der Waals surface area (Å²) in [4.78, 5) is 13.0. The molecule has 1 aromatic carbocycles. The third-order valence-electron chi connectivity index (χ3n) is 3.22. The summed E-state index contributed by atoms with van der Waals surface area (Å²) in [5, 5.41) is 0. The van der Waals surface area contributed by atoms with Crippen molar-refractivity contribution in [3.8, 4) is 22.9 Å². The van der Waals surface area contributed by atoms with E-state index < -0.39 is 0 Å². The summed E-state index contributed by atoms with van der Waals surface area (Å²) in [5.41, 5.74) is 8.07. The first-order valence-corrected chi connectivity index (χ1v) is 6.07. The average Bonchev–Trinajstić information content (AvgIpc) is 3.05. The van der Waals surface area contributed by atoms with Crippen LogP contribution >= 0.6 is 0 Å². The lowest BCUT2D eigenvalue weighted by atomic mass is 10.2. The number of fused-ring (bicyclic) bond motifs is 2. The van der Waals surface area contributed by atoms with Gasteiger partial charge in [0.15, 0.2) is 28.8 Å². The number of aromatic nitrogens is 4. The van der Waals surface area contributed by atoms with Crippen molar-refractivity contribution in [3.63, 3.8) is 0 Å². The van der Waals surface area contributed by atoms with E-state index in [4.69, 9.17) is 15.2 Å². The van der Waals surface area contributed by atoms with Crippen LogP contribution in [-0.4, -0.2) is 26.3 Å². The van der Waals surface area contributed by atoms with E-state index in [2.05, 4.69) is 15.0 Å². The molecule has 0 saturated carbocycles. The molecule has 0 aliphatic carbocycles. The van der Waals surface area contributed by atoms with Crippen molar-refractivity contribution in [2.45, 2.75) is 0 Å². The van der Waals surface area contributed by atoms with Gasteiger partial charge in [-0.15, -0.1) is 0 Å². The van der Waals surface area contributed by atoms with Gasteiger partial charge in [-0.3, -0.25) is 0 Å². The third kappa shape index (κ3) is 1.49. The summed E-state index contributed by atoms with van der Waals surface area (Å²) >= 11 is 0. The zero-order valence-electron chi connectivity index (χ0n) is 10.7. The number of benzene rings is 1. The zero-order chi connectivity index (χ0) is 13.7. The predicted octanol–water partition coefficient (Wildman–Crippen LogP) is 1.34. The molecular weight excluding hydrogens is 258 g/mol. The van der Waals surface area contributed by atoms with E-state index in [9.17, 15) is 0 Å². The molecule has 20 heavy (non-hydrogen) atoms. The second-order valence-corrected chi connectivity index (χ2v) is 4.53. The molecule has 0 atom stereocenters. The number of aryl methyl sites for hydroxylation is 1. The van der Waals surface area contributed by atoms with E-state index in [1.807, 2.05) is 29.8 Å². The van der Waals surface area contributed by atoms with E-state index in [0.29, 0.717) is 28.6 Å². The van der Waals surface area contributed by atoms with E-state index in [1.165, 1.54) is 0 Å². The Hall–Kier alpha value is -2.83. The molecule has 0 spiro atoms. The summed E-state index contributed by atoms with van der Waals surface area (Å²) < 4.78 is 12.5. The minimum atomic E-state index is 0.239. The number of nitrogen functional groups attached to an aromatic ring is 1. The predicted molar refractivity (Wildman–Crippen MR) is 72.3 cm³/mol. The van der Waals surface area contributed by atoms with Gasteiger partial charge in [0, 0.05) is 12.6 Å². The molecule has 0 fully saturated rings.